The second-order valence-electron chi connectivity index (χ2n) is 6.94. The number of guanidine groups is 1. The van der Waals surface area contributed by atoms with Crippen molar-refractivity contribution >= 4 is 41.3 Å². The number of rotatable bonds is 7. The minimum absolute atomic E-state index is 0. The third kappa shape index (κ3) is 5.85. The standard InChI is InChI=1S/C20H26F2N4OS.HI/c1-5-23-20(26(3)10-13-11-28-19(24-13)12(2)27-4)25-17-9-14(17)18-15(21)7-6-8-16(18)22;/h6-8,11-12,14,17H,5,9-10H2,1-4H3,(H,23,25);1H. The van der Waals surface area contributed by atoms with Crippen LogP contribution in [0.25, 0.3) is 0 Å². The molecule has 9 heteroatoms. The monoisotopic (exact) mass is 536 g/mol. The van der Waals surface area contributed by atoms with Gasteiger partial charge in [-0.25, -0.2) is 13.8 Å². The van der Waals surface area contributed by atoms with E-state index >= 15 is 0 Å². The summed E-state index contributed by atoms with van der Waals surface area (Å²) in [5, 5.41) is 6.30. The van der Waals surface area contributed by atoms with Crippen molar-refractivity contribution in [2.24, 2.45) is 4.99 Å². The maximum atomic E-state index is 14.0. The number of ether oxygens (including phenoxy) is 1. The Morgan fingerprint density at radius 3 is 2.72 bits per heavy atom. The number of thiazole rings is 1. The molecule has 3 unspecified atom stereocenters. The first kappa shape index (κ1) is 23.9. The predicted octanol–water partition coefficient (Wildman–Crippen LogP) is 4.70. The molecule has 5 nitrogen and oxygen atoms in total. The first-order valence-electron chi connectivity index (χ1n) is 9.37. The average molecular weight is 536 g/mol. The van der Waals surface area contributed by atoms with Crippen LogP contribution >= 0.6 is 35.3 Å². The van der Waals surface area contributed by atoms with Crippen LogP contribution < -0.4 is 5.32 Å². The zero-order chi connectivity index (χ0) is 20.3. The van der Waals surface area contributed by atoms with E-state index in [1.807, 2.05) is 31.2 Å². The van der Waals surface area contributed by atoms with Crippen LogP contribution in [0.15, 0.2) is 28.6 Å². The highest BCUT2D eigenvalue weighted by atomic mass is 127. The van der Waals surface area contributed by atoms with Gasteiger partial charge in [0.2, 0.25) is 0 Å². The van der Waals surface area contributed by atoms with Crippen molar-refractivity contribution < 1.29 is 13.5 Å². The Bertz CT molecular complexity index is 827. The van der Waals surface area contributed by atoms with Gasteiger partial charge in [0.15, 0.2) is 5.96 Å². The van der Waals surface area contributed by atoms with E-state index in [0.717, 1.165) is 10.7 Å². The summed E-state index contributed by atoms with van der Waals surface area (Å²) < 4.78 is 33.3. The number of methoxy groups -OCH3 is 1. The summed E-state index contributed by atoms with van der Waals surface area (Å²) in [4.78, 5) is 11.1. The molecule has 0 aliphatic heterocycles. The van der Waals surface area contributed by atoms with Gasteiger partial charge in [-0.3, -0.25) is 4.99 Å². The molecule has 0 radical (unpaired) electrons. The highest BCUT2D eigenvalue weighted by Crippen LogP contribution is 2.43. The molecular formula is C20H27F2IN4OS. The van der Waals surface area contributed by atoms with Gasteiger partial charge in [-0.2, -0.15) is 0 Å². The molecule has 1 heterocycles. The number of hydrogen-bond acceptors (Lipinski definition) is 4. The number of halogens is 3. The van der Waals surface area contributed by atoms with Crippen molar-refractivity contribution in [2.45, 2.75) is 44.9 Å². The fourth-order valence-corrected chi connectivity index (χ4v) is 3.97. The highest BCUT2D eigenvalue weighted by Gasteiger charge is 2.42. The summed E-state index contributed by atoms with van der Waals surface area (Å²) in [6.07, 6.45) is 0.648. The zero-order valence-electron chi connectivity index (χ0n) is 17.0. The minimum Gasteiger partial charge on any atom is -0.375 e. The number of hydrogen-bond donors (Lipinski definition) is 1. The molecule has 0 bridgehead atoms. The number of aromatic nitrogens is 1. The van der Waals surface area contributed by atoms with E-state index in [1.165, 1.54) is 18.2 Å². The van der Waals surface area contributed by atoms with Crippen LogP contribution in [-0.2, 0) is 11.3 Å². The molecule has 0 saturated heterocycles. The smallest absolute Gasteiger partial charge is 0.194 e. The van der Waals surface area contributed by atoms with Gasteiger partial charge < -0.3 is 15.0 Å². The Morgan fingerprint density at radius 2 is 2.10 bits per heavy atom. The molecule has 0 amide bonds. The molecule has 1 aliphatic rings. The molecule has 3 rings (SSSR count). The number of nitrogens with zero attached hydrogens (tertiary/aromatic N) is 3. The van der Waals surface area contributed by atoms with Gasteiger partial charge >= 0.3 is 0 Å². The molecule has 160 valence electrons. The van der Waals surface area contributed by atoms with E-state index in [-0.39, 0.29) is 47.6 Å². The Balaban J connectivity index is 0.00000300. The van der Waals surface area contributed by atoms with Crippen molar-refractivity contribution in [3.05, 3.63) is 51.5 Å². The third-order valence-corrected chi connectivity index (χ3v) is 5.87. The number of aliphatic imine (C=N–C) groups is 1. The van der Waals surface area contributed by atoms with E-state index in [0.29, 0.717) is 25.5 Å². The highest BCUT2D eigenvalue weighted by molar-refractivity contribution is 14.0. The van der Waals surface area contributed by atoms with Gasteiger partial charge in [-0.05, 0) is 32.4 Å². The van der Waals surface area contributed by atoms with Crippen LogP contribution in [-0.4, -0.2) is 42.6 Å². The van der Waals surface area contributed by atoms with E-state index in [1.54, 1.807) is 18.4 Å². The third-order valence-electron chi connectivity index (χ3n) is 4.81. The normalized spacial score (nSPS) is 19.4. The molecule has 1 aromatic carbocycles. The Morgan fingerprint density at radius 1 is 1.41 bits per heavy atom. The lowest BCUT2D eigenvalue weighted by Gasteiger charge is -2.22. The predicted molar refractivity (Wildman–Crippen MR) is 123 cm³/mol. The summed E-state index contributed by atoms with van der Waals surface area (Å²) in [5.74, 6) is -0.441. The summed E-state index contributed by atoms with van der Waals surface area (Å²) in [6.45, 7) is 5.12. The lowest BCUT2D eigenvalue weighted by molar-refractivity contribution is 0.119. The van der Waals surface area contributed by atoms with Crippen LogP contribution in [0.1, 0.15) is 48.6 Å². The van der Waals surface area contributed by atoms with Gasteiger partial charge in [-0.15, -0.1) is 35.3 Å². The fourth-order valence-electron chi connectivity index (χ4n) is 3.13. The van der Waals surface area contributed by atoms with Crippen LogP contribution in [0.5, 0.6) is 0 Å². The van der Waals surface area contributed by atoms with Crippen molar-refractivity contribution in [1.82, 2.24) is 15.2 Å². The molecule has 1 N–H and O–H groups in total. The van der Waals surface area contributed by atoms with Crippen molar-refractivity contribution in [3.63, 3.8) is 0 Å². The first-order valence-corrected chi connectivity index (χ1v) is 10.3. The van der Waals surface area contributed by atoms with Crippen molar-refractivity contribution in [1.29, 1.82) is 0 Å². The molecule has 3 atom stereocenters. The van der Waals surface area contributed by atoms with Crippen LogP contribution in [0.3, 0.4) is 0 Å². The second kappa shape index (κ2) is 10.6. The lowest BCUT2D eigenvalue weighted by Crippen LogP contribution is -2.40. The Kier molecular flexibility index (Phi) is 8.77. The summed E-state index contributed by atoms with van der Waals surface area (Å²) in [6, 6.07) is 3.98. The molecule has 2 aromatic rings. The van der Waals surface area contributed by atoms with E-state index in [4.69, 9.17) is 4.74 Å². The van der Waals surface area contributed by atoms with E-state index in [2.05, 4.69) is 15.3 Å². The molecule has 29 heavy (non-hydrogen) atoms. The van der Waals surface area contributed by atoms with E-state index < -0.39 is 11.6 Å². The minimum atomic E-state index is -0.487. The maximum Gasteiger partial charge on any atom is 0.194 e. The van der Waals surface area contributed by atoms with Crippen molar-refractivity contribution in [3.8, 4) is 0 Å². The van der Waals surface area contributed by atoms with Crippen LogP contribution in [0.2, 0.25) is 0 Å². The molecule has 1 aliphatic carbocycles. The molecular weight excluding hydrogens is 509 g/mol. The van der Waals surface area contributed by atoms with Gasteiger partial charge in [-0.1, -0.05) is 6.07 Å². The summed E-state index contributed by atoms with van der Waals surface area (Å²) in [7, 11) is 3.60. The van der Waals surface area contributed by atoms with E-state index in [9.17, 15) is 8.78 Å². The second-order valence-corrected chi connectivity index (χ2v) is 7.83. The number of nitrogens with one attached hydrogen (secondary N) is 1. The SMILES string of the molecule is CCN=C(NC1CC1c1c(F)cccc1F)N(C)Cc1csc(C(C)OC)n1.I. The van der Waals surface area contributed by atoms with Gasteiger partial charge in [0, 0.05) is 43.6 Å². The number of benzene rings is 1. The maximum absolute atomic E-state index is 14.0. The molecule has 1 fully saturated rings. The van der Waals surface area contributed by atoms with Gasteiger partial charge in [0.1, 0.15) is 22.7 Å². The zero-order valence-corrected chi connectivity index (χ0v) is 20.1. The molecule has 1 aromatic heterocycles. The largest absolute Gasteiger partial charge is 0.375 e. The lowest BCUT2D eigenvalue weighted by atomic mass is 10.1. The Hall–Kier alpha value is -1.33. The quantitative estimate of drug-likeness (QED) is 0.317. The molecule has 1 saturated carbocycles. The topological polar surface area (TPSA) is 49.8 Å². The van der Waals surface area contributed by atoms with Gasteiger partial charge in [0.25, 0.3) is 0 Å². The first-order chi connectivity index (χ1) is 13.4. The average Bonchev–Trinajstić information content (AvgIpc) is 3.25. The van der Waals surface area contributed by atoms with Crippen LogP contribution in [0, 0.1) is 11.6 Å². The molecule has 0 spiro atoms. The summed E-state index contributed by atoms with van der Waals surface area (Å²) >= 11 is 1.57. The Labute approximate surface area is 191 Å². The fraction of sp³-hybridized carbons (Fsp3) is 0.500. The summed E-state index contributed by atoms with van der Waals surface area (Å²) in [5.41, 5.74) is 1.10. The van der Waals surface area contributed by atoms with Gasteiger partial charge in [0.05, 0.1) is 12.2 Å². The van der Waals surface area contributed by atoms with Crippen molar-refractivity contribution in [2.75, 3.05) is 20.7 Å². The van der Waals surface area contributed by atoms with Crippen LogP contribution in [0.4, 0.5) is 8.78 Å².